The summed E-state index contributed by atoms with van der Waals surface area (Å²) < 4.78 is 5.32. The topological polar surface area (TPSA) is 87.7 Å². The molecule has 7 nitrogen and oxygen atoms in total. The maximum absolute atomic E-state index is 14.4. The molecule has 1 saturated carbocycles. The summed E-state index contributed by atoms with van der Waals surface area (Å²) in [5.41, 5.74) is 2.47. The fourth-order valence-corrected chi connectivity index (χ4v) is 5.63. The average molecular weight is 462 g/mol. The van der Waals surface area contributed by atoms with Crippen LogP contribution in [0.2, 0.25) is 0 Å². The molecule has 5 rings (SSSR count). The van der Waals surface area contributed by atoms with Crippen LogP contribution in [0, 0.1) is 0 Å². The quantitative estimate of drug-likeness (QED) is 0.663. The second-order valence-corrected chi connectivity index (χ2v) is 9.54. The Hall–Kier alpha value is -3.19. The molecule has 3 amide bonds. The van der Waals surface area contributed by atoms with E-state index in [-0.39, 0.29) is 23.8 Å². The lowest BCUT2D eigenvalue weighted by Crippen LogP contribution is -2.53. The largest absolute Gasteiger partial charge is 0.497 e. The summed E-state index contributed by atoms with van der Waals surface area (Å²) in [5.74, 6) is 0.378. The molecule has 2 N–H and O–H groups in total. The Morgan fingerprint density at radius 2 is 1.79 bits per heavy atom. The maximum Gasteiger partial charge on any atom is 0.250 e. The van der Waals surface area contributed by atoms with Crippen molar-refractivity contribution < 1.29 is 19.1 Å². The molecule has 0 bridgehead atoms. The monoisotopic (exact) mass is 461 g/mol. The van der Waals surface area contributed by atoms with E-state index in [1.165, 1.54) is 4.90 Å². The van der Waals surface area contributed by atoms with Crippen molar-refractivity contribution in [2.45, 2.75) is 62.8 Å². The summed E-state index contributed by atoms with van der Waals surface area (Å²) in [6.07, 6.45) is 5.93. The number of ether oxygens (including phenoxy) is 1. The van der Waals surface area contributed by atoms with E-state index >= 15 is 0 Å². The minimum atomic E-state index is -0.745. The Morgan fingerprint density at radius 1 is 1.03 bits per heavy atom. The molecule has 0 aromatic heterocycles. The van der Waals surface area contributed by atoms with Gasteiger partial charge in [0.05, 0.1) is 24.3 Å². The molecule has 34 heavy (non-hydrogen) atoms. The average Bonchev–Trinajstić information content (AvgIpc) is 3.57. The molecule has 0 unspecified atom stereocenters. The number of benzene rings is 2. The van der Waals surface area contributed by atoms with E-state index in [0.29, 0.717) is 31.4 Å². The van der Waals surface area contributed by atoms with Gasteiger partial charge in [0.2, 0.25) is 11.8 Å². The van der Waals surface area contributed by atoms with Crippen molar-refractivity contribution >= 4 is 29.1 Å². The smallest absolute Gasteiger partial charge is 0.250 e. The molecule has 2 aliphatic heterocycles. The molecule has 3 aliphatic rings. The number of carbonyl (C=O) groups is 3. The molecule has 1 saturated heterocycles. The van der Waals surface area contributed by atoms with Crippen molar-refractivity contribution in [3.63, 3.8) is 0 Å². The molecular formula is C27H31N3O4. The second kappa shape index (κ2) is 9.22. The van der Waals surface area contributed by atoms with Gasteiger partial charge < -0.3 is 15.4 Å². The van der Waals surface area contributed by atoms with Crippen molar-refractivity contribution in [3.05, 3.63) is 53.6 Å². The molecular weight excluding hydrogens is 430 g/mol. The molecule has 178 valence electrons. The van der Waals surface area contributed by atoms with E-state index in [0.717, 1.165) is 54.8 Å². The van der Waals surface area contributed by atoms with Crippen LogP contribution in [0.15, 0.2) is 42.5 Å². The molecule has 1 aliphatic carbocycles. The number of amides is 3. The summed E-state index contributed by atoms with van der Waals surface area (Å²) >= 11 is 0. The Labute approximate surface area is 199 Å². The molecule has 2 aromatic rings. The highest BCUT2D eigenvalue weighted by Crippen LogP contribution is 2.44. The van der Waals surface area contributed by atoms with E-state index in [2.05, 4.69) is 10.6 Å². The number of rotatable bonds is 5. The Kier molecular flexibility index (Phi) is 6.13. The highest BCUT2D eigenvalue weighted by molar-refractivity contribution is 6.20. The third kappa shape index (κ3) is 3.98. The molecule has 2 heterocycles. The number of imide groups is 1. The minimum absolute atomic E-state index is 0.0103. The van der Waals surface area contributed by atoms with Gasteiger partial charge in [-0.3, -0.25) is 14.4 Å². The highest BCUT2D eigenvalue weighted by atomic mass is 16.5. The fourth-order valence-electron chi connectivity index (χ4n) is 5.63. The van der Waals surface area contributed by atoms with E-state index in [4.69, 9.17) is 4.74 Å². The zero-order valence-corrected chi connectivity index (χ0v) is 19.6. The summed E-state index contributed by atoms with van der Waals surface area (Å²) in [4.78, 5) is 41.4. The van der Waals surface area contributed by atoms with Gasteiger partial charge in [0.25, 0.3) is 5.91 Å². The molecule has 7 heteroatoms. The van der Waals surface area contributed by atoms with Gasteiger partial charge in [-0.2, -0.15) is 0 Å². The van der Waals surface area contributed by atoms with Gasteiger partial charge in [0.15, 0.2) is 0 Å². The van der Waals surface area contributed by atoms with Crippen LogP contribution in [0.3, 0.4) is 0 Å². The van der Waals surface area contributed by atoms with Gasteiger partial charge in [0.1, 0.15) is 5.75 Å². The number of anilines is 2. The number of methoxy groups -OCH3 is 1. The number of nitrogens with zero attached hydrogens (tertiary/aromatic N) is 1. The van der Waals surface area contributed by atoms with Crippen LogP contribution in [0.25, 0.3) is 0 Å². The molecule has 1 atom stereocenters. The first-order valence-corrected chi connectivity index (χ1v) is 12.2. The van der Waals surface area contributed by atoms with Crippen LogP contribution in [0.4, 0.5) is 11.4 Å². The van der Waals surface area contributed by atoms with Gasteiger partial charge >= 0.3 is 0 Å². The van der Waals surface area contributed by atoms with Crippen molar-refractivity contribution in [2.24, 2.45) is 0 Å². The number of hydrogen-bond acceptors (Lipinski definition) is 5. The van der Waals surface area contributed by atoms with Crippen LogP contribution in [-0.4, -0.2) is 37.4 Å². The zero-order valence-electron chi connectivity index (χ0n) is 19.6. The third-order valence-corrected chi connectivity index (χ3v) is 7.53. The number of fused-ring (bicyclic) bond motifs is 1. The number of carbonyl (C=O) groups excluding carboxylic acids is 3. The van der Waals surface area contributed by atoms with Crippen LogP contribution < -0.4 is 20.3 Å². The first-order valence-electron chi connectivity index (χ1n) is 12.2. The Morgan fingerprint density at radius 3 is 2.47 bits per heavy atom. The SMILES string of the molecule is COc1ccc(C2(C(=O)N(C(=O)[C@H]3CCCN3)c3ccc4c(c3)CCC(=O)N4)CCCC2)cc1. The molecule has 2 aromatic carbocycles. The number of hydrogen-bond donors (Lipinski definition) is 2. The molecule has 0 radical (unpaired) electrons. The predicted molar refractivity (Wildman–Crippen MR) is 130 cm³/mol. The van der Waals surface area contributed by atoms with Crippen LogP contribution >= 0.6 is 0 Å². The standard InChI is InChI=1S/C27H31N3O4/c1-34-21-10-7-19(8-11-21)27(14-2-3-15-27)26(33)30(25(32)23-5-4-16-28-23)20-9-12-22-18(17-20)6-13-24(31)29-22/h7-12,17,23,28H,2-6,13-16H2,1H3,(H,29,31)/t23-/m1/s1. The van der Waals surface area contributed by atoms with Gasteiger partial charge in [-0.05, 0) is 80.1 Å². The lowest BCUT2D eigenvalue weighted by Gasteiger charge is -2.35. The number of nitrogens with one attached hydrogen (secondary N) is 2. The van der Waals surface area contributed by atoms with Crippen molar-refractivity contribution in [1.29, 1.82) is 0 Å². The van der Waals surface area contributed by atoms with Crippen LogP contribution in [-0.2, 0) is 26.2 Å². The van der Waals surface area contributed by atoms with Gasteiger partial charge in [0, 0.05) is 12.1 Å². The van der Waals surface area contributed by atoms with Crippen LogP contribution in [0.1, 0.15) is 56.1 Å². The summed E-state index contributed by atoms with van der Waals surface area (Å²) in [7, 11) is 1.62. The van der Waals surface area contributed by atoms with Crippen molar-refractivity contribution in [3.8, 4) is 5.75 Å². The fraction of sp³-hybridized carbons (Fsp3) is 0.444. The van der Waals surface area contributed by atoms with E-state index in [1.807, 2.05) is 36.4 Å². The van der Waals surface area contributed by atoms with Gasteiger partial charge in [-0.1, -0.05) is 25.0 Å². The van der Waals surface area contributed by atoms with Gasteiger partial charge in [-0.15, -0.1) is 0 Å². The lowest BCUT2D eigenvalue weighted by atomic mass is 9.77. The molecule has 2 fully saturated rings. The summed E-state index contributed by atoms with van der Waals surface area (Å²) in [6, 6.07) is 12.8. The van der Waals surface area contributed by atoms with E-state index < -0.39 is 5.41 Å². The third-order valence-electron chi connectivity index (χ3n) is 7.53. The van der Waals surface area contributed by atoms with Crippen molar-refractivity contribution in [2.75, 3.05) is 23.9 Å². The minimum Gasteiger partial charge on any atom is -0.497 e. The summed E-state index contributed by atoms with van der Waals surface area (Å²) in [5, 5.41) is 6.16. The predicted octanol–water partition coefficient (Wildman–Crippen LogP) is 3.70. The van der Waals surface area contributed by atoms with Crippen LogP contribution in [0.5, 0.6) is 5.75 Å². The van der Waals surface area contributed by atoms with E-state index in [9.17, 15) is 14.4 Å². The van der Waals surface area contributed by atoms with Crippen molar-refractivity contribution in [1.82, 2.24) is 5.32 Å². The van der Waals surface area contributed by atoms with E-state index in [1.54, 1.807) is 13.2 Å². The first-order chi connectivity index (χ1) is 16.5. The number of aryl methyl sites for hydroxylation is 1. The zero-order chi connectivity index (χ0) is 23.7. The maximum atomic E-state index is 14.4. The highest BCUT2D eigenvalue weighted by Gasteiger charge is 2.48. The summed E-state index contributed by atoms with van der Waals surface area (Å²) in [6.45, 7) is 0.776. The van der Waals surface area contributed by atoms with Gasteiger partial charge in [-0.25, -0.2) is 4.90 Å². The molecule has 0 spiro atoms. The normalized spacial score (nSPS) is 21.0. The lowest BCUT2D eigenvalue weighted by molar-refractivity contribution is -0.130. The first kappa shape index (κ1) is 22.6. The second-order valence-electron chi connectivity index (χ2n) is 9.54. The Bertz CT molecular complexity index is 1100. The Balaban J connectivity index is 1.57.